The van der Waals surface area contributed by atoms with Crippen LogP contribution in [-0.4, -0.2) is 13.0 Å². The number of carbonyl (C=O) groups excluding carboxylic acids is 1. The van der Waals surface area contributed by atoms with Gasteiger partial charge < -0.3 is 5.32 Å². The minimum atomic E-state index is -0.292. The molecule has 1 amide bonds. The molecule has 0 bridgehead atoms. The van der Waals surface area contributed by atoms with Crippen molar-refractivity contribution < 1.29 is 4.79 Å². The lowest BCUT2D eigenvalue weighted by molar-refractivity contribution is 0.0963. The summed E-state index contributed by atoms with van der Waals surface area (Å²) in [5.41, 5.74) is 8.95. The first-order chi connectivity index (χ1) is 6.70. The second-order valence-electron chi connectivity index (χ2n) is 2.40. The van der Waals surface area contributed by atoms with Crippen molar-refractivity contribution in [1.29, 1.82) is 0 Å². The second kappa shape index (κ2) is 4.64. The van der Waals surface area contributed by atoms with Gasteiger partial charge in [0, 0.05) is 16.4 Å². The number of nitrogens with zero attached hydrogens (tertiary/aromatic N) is 3. The minimum absolute atomic E-state index is 0.292. The third kappa shape index (κ3) is 2.04. The lowest BCUT2D eigenvalue weighted by Crippen LogP contribution is -2.18. The molecule has 0 fully saturated rings. The summed E-state index contributed by atoms with van der Waals surface area (Å²) in [5, 5.41) is 5.89. The van der Waals surface area contributed by atoms with Gasteiger partial charge in [-0.15, -0.1) is 0 Å². The molecule has 0 atom stereocenters. The van der Waals surface area contributed by atoms with Crippen molar-refractivity contribution in [2.24, 2.45) is 5.11 Å². The van der Waals surface area contributed by atoms with E-state index in [-0.39, 0.29) is 5.91 Å². The molecule has 1 aromatic carbocycles. The topological polar surface area (TPSA) is 77.9 Å². The van der Waals surface area contributed by atoms with E-state index < -0.39 is 0 Å². The average molecular weight is 255 g/mol. The Kier molecular flexibility index (Phi) is 3.50. The SMILES string of the molecule is CNC(=O)c1c(Br)cccc1N=[N+]=[N-]. The highest BCUT2D eigenvalue weighted by molar-refractivity contribution is 9.10. The van der Waals surface area contributed by atoms with E-state index in [0.29, 0.717) is 15.7 Å². The normalized spacial score (nSPS) is 9.00. The van der Waals surface area contributed by atoms with Crippen LogP contribution in [0, 0.1) is 0 Å². The fraction of sp³-hybridized carbons (Fsp3) is 0.125. The van der Waals surface area contributed by atoms with Crippen molar-refractivity contribution in [3.63, 3.8) is 0 Å². The molecular formula is C8H7BrN4O. The summed E-state index contributed by atoms with van der Waals surface area (Å²) in [6.45, 7) is 0. The monoisotopic (exact) mass is 254 g/mol. The summed E-state index contributed by atoms with van der Waals surface area (Å²) in [5.74, 6) is -0.292. The predicted molar refractivity (Wildman–Crippen MR) is 56.3 cm³/mol. The molecule has 0 saturated heterocycles. The Labute approximate surface area is 88.9 Å². The lowest BCUT2D eigenvalue weighted by Gasteiger charge is -2.05. The highest BCUT2D eigenvalue weighted by atomic mass is 79.9. The van der Waals surface area contributed by atoms with Crippen LogP contribution in [0.4, 0.5) is 5.69 Å². The van der Waals surface area contributed by atoms with Crippen molar-refractivity contribution in [2.45, 2.75) is 0 Å². The Morgan fingerprint density at radius 2 is 2.36 bits per heavy atom. The third-order valence-corrected chi connectivity index (χ3v) is 2.26. The summed E-state index contributed by atoms with van der Waals surface area (Å²) < 4.78 is 0.599. The van der Waals surface area contributed by atoms with Gasteiger partial charge in [0.25, 0.3) is 5.91 Å². The Bertz CT molecular complexity index is 412. The quantitative estimate of drug-likeness (QED) is 0.492. The van der Waals surface area contributed by atoms with Gasteiger partial charge in [0.05, 0.1) is 11.3 Å². The predicted octanol–water partition coefficient (Wildman–Crippen LogP) is 2.75. The van der Waals surface area contributed by atoms with E-state index in [1.807, 2.05) is 0 Å². The van der Waals surface area contributed by atoms with Gasteiger partial charge in [0.1, 0.15) is 0 Å². The van der Waals surface area contributed by atoms with E-state index in [1.165, 1.54) is 7.05 Å². The van der Waals surface area contributed by atoms with Crippen LogP contribution in [-0.2, 0) is 0 Å². The molecule has 1 rings (SSSR count). The van der Waals surface area contributed by atoms with E-state index >= 15 is 0 Å². The smallest absolute Gasteiger partial charge is 0.252 e. The van der Waals surface area contributed by atoms with Gasteiger partial charge in [-0.2, -0.15) is 0 Å². The summed E-state index contributed by atoms with van der Waals surface area (Å²) in [7, 11) is 1.52. The van der Waals surface area contributed by atoms with Crippen molar-refractivity contribution in [2.75, 3.05) is 7.05 Å². The van der Waals surface area contributed by atoms with Crippen LogP contribution >= 0.6 is 15.9 Å². The van der Waals surface area contributed by atoms with E-state index in [2.05, 4.69) is 31.3 Å². The number of amides is 1. The van der Waals surface area contributed by atoms with Crippen molar-refractivity contribution in [1.82, 2.24) is 5.32 Å². The van der Waals surface area contributed by atoms with Crippen LogP contribution in [0.2, 0.25) is 0 Å². The van der Waals surface area contributed by atoms with Crippen molar-refractivity contribution in [3.05, 3.63) is 38.7 Å². The maximum atomic E-state index is 11.4. The molecule has 0 aromatic heterocycles. The number of carbonyl (C=O) groups is 1. The number of nitrogens with one attached hydrogen (secondary N) is 1. The molecule has 0 heterocycles. The van der Waals surface area contributed by atoms with E-state index in [4.69, 9.17) is 5.53 Å². The van der Waals surface area contributed by atoms with Gasteiger partial charge in [0.2, 0.25) is 0 Å². The van der Waals surface area contributed by atoms with Crippen molar-refractivity contribution in [3.8, 4) is 0 Å². The highest BCUT2D eigenvalue weighted by Gasteiger charge is 2.12. The number of rotatable bonds is 2. The largest absolute Gasteiger partial charge is 0.355 e. The molecule has 0 radical (unpaired) electrons. The lowest BCUT2D eigenvalue weighted by atomic mass is 10.2. The molecule has 0 saturated carbocycles. The zero-order valence-corrected chi connectivity index (χ0v) is 8.95. The summed E-state index contributed by atoms with van der Waals surface area (Å²) in [6, 6.07) is 4.98. The number of benzene rings is 1. The van der Waals surface area contributed by atoms with Gasteiger partial charge in [-0.25, -0.2) is 0 Å². The Hall–Kier alpha value is -1.52. The number of hydrogen-bond acceptors (Lipinski definition) is 2. The first-order valence-corrected chi connectivity index (χ1v) is 4.55. The molecule has 72 valence electrons. The average Bonchev–Trinajstić information content (AvgIpc) is 2.18. The molecule has 1 N–H and O–H groups in total. The van der Waals surface area contributed by atoms with Crippen LogP contribution in [0.1, 0.15) is 10.4 Å². The first-order valence-electron chi connectivity index (χ1n) is 3.76. The Balaban J connectivity index is 3.36. The van der Waals surface area contributed by atoms with E-state index in [1.54, 1.807) is 18.2 Å². The van der Waals surface area contributed by atoms with E-state index in [9.17, 15) is 4.79 Å². The zero-order valence-electron chi connectivity index (χ0n) is 7.36. The molecule has 0 spiro atoms. The number of hydrogen-bond donors (Lipinski definition) is 1. The highest BCUT2D eigenvalue weighted by Crippen LogP contribution is 2.26. The molecule has 14 heavy (non-hydrogen) atoms. The van der Waals surface area contributed by atoms with E-state index in [0.717, 1.165) is 0 Å². The fourth-order valence-corrected chi connectivity index (χ4v) is 1.53. The second-order valence-corrected chi connectivity index (χ2v) is 3.26. The summed E-state index contributed by atoms with van der Waals surface area (Å²) >= 11 is 3.21. The van der Waals surface area contributed by atoms with Gasteiger partial charge in [-0.05, 0) is 27.5 Å². The first kappa shape index (κ1) is 10.6. The van der Waals surface area contributed by atoms with Gasteiger partial charge in [-0.3, -0.25) is 4.79 Å². The van der Waals surface area contributed by atoms with Crippen LogP contribution in [0.5, 0.6) is 0 Å². The molecular weight excluding hydrogens is 248 g/mol. The van der Waals surface area contributed by atoms with Crippen LogP contribution in [0.25, 0.3) is 10.4 Å². The summed E-state index contributed by atoms with van der Waals surface area (Å²) in [6.07, 6.45) is 0. The fourth-order valence-electron chi connectivity index (χ4n) is 0.994. The summed E-state index contributed by atoms with van der Waals surface area (Å²) in [4.78, 5) is 14.1. The molecule has 6 heteroatoms. The Morgan fingerprint density at radius 3 is 2.93 bits per heavy atom. The molecule has 0 unspecified atom stereocenters. The molecule has 0 aliphatic heterocycles. The van der Waals surface area contributed by atoms with Gasteiger partial charge in [-0.1, -0.05) is 17.2 Å². The maximum absolute atomic E-state index is 11.4. The number of halogens is 1. The van der Waals surface area contributed by atoms with Crippen LogP contribution in [0.3, 0.4) is 0 Å². The third-order valence-electron chi connectivity index (χ3n) is 1.60. The molecule has 1 aromatic rings. The molecule has 0 aliphatic carbocycles. The maximum Gasteiger partial charge on any atom is 0.252 e. The van der Waals surface area contributed by atoms with Gasteiger partial charge in [0.15, 0.2) is 0 Å². The van der Waals surface area contributed by atoms with Crippen molar-refractivity contribution >= 4 is 27.5 Å². The number of azide groups is 1. The Morgan fingerprint density at radius 1 is 1.64 bits per heavy atom. The van der Waals surface area contributed by atoms with Crippen LogP contribution in [0.15, 0.2) is 27.8 Å². The van der Waals surface area contributed by atoms with Crippen LogP contribution < -0.4 is 5.32 Å². The molecule has 5 nitrogen and oxygen atoms in total. The zero-order chi connectivity index (χ0) is 10.6. The van der Waals surface area contributed by atoms with Gasteiger partial charge >= 0.3 is 0 Å². The minimum Gasteiger partial charge on any atom is -0.355 e. The molecule has 0 aliphatic rings. The standard InChI is InChI=1S/C8H7BrN4O/c1-11-8(14)7-5(9)3-2-4-6(7)12-13-10/h2-4H,1H3,(H,11,14).